The Labute approximate surface area is 115 Å². The minimum absolute atomic E-state index is 0.0472. The average molecular weight is 290 g/mol. The summed E-state index contributed by atoms with van der Waals surface area (Å²) in [4.78, 5) is 13.9. The Morgan fingerprint density at radius 1 is 1.26 bits per heavy atom. The van der Waals surface area contributed by atoms with Crippen LogP contribution in [-0.4, -0.2) is 35.9 Å². The van der Waals surface area contributed by atoms with Gasteiger partial charge in [-0.3, -0.25) is 4.79 Å². The van der Waals surface area contributed by atoms with Gasteiger partial charge in [-0.2, -0.15) is 8.78 Å². The summed E-state index contributed by atoms with van der Waals surface area (Å²) in [5.41, 5.74) is 0.467. The number of piperidine rings is 1. The molecule has 0 saturated carbocycles. The molecule has 1 aliphatic heterocycles. The maximum absolute atomic E-state index is 12.1. The van der Waals surface area contributed by atoms with Crippen LogP contribution in [0.2, 0.25) is 0 Å². The van der Waals surface area contributed by atoms with Crippen molar-refractivity contribution in [2.24, 2.45) is 0 Å². The highest BCUT2D eigenvalue weighted by Crippen LogP contribution is 2.20. The van der Waals surface area contributed by atoms with Crippen LogP contribution in [0.1, 0.15) is 23.2 Å². The maximum Gasteiger partial charge on any atom is 0.387 e. The second kappa shape index (κ2) is 6.19. The molecule has 0 atom stereocenters. The molecule has 6 heteroatoms. The summed E-state index contributed by atoms with van der Waals surface area (Å²) in [6, 6.07) is 5.72. The van der Waals surface area contributed by atoms with Gasteiger partial charge in [0, 0.05) is 24.0 Å². The molecule has 1 fully saturated rings. The van der Waals surface area contributed by atoms with E-state index in [2.05, 4.69) is 4.74 Å². The fourth-order valence-electron chi connectivity index (χ4n) is 2.01. The van der Waals surface area contributed by atoms with E-state index in [0.29, 0.717) is 18.7 Å². The third-order valence-corrected chi connectivity index (χ3v) is 3.47. The molecule has 0 spiro atoms. The number of likely N-dealkylation sites (tertiary alicyclic amines) is 1. The number of ether oxygens (including phenoxy) is 1. The van der Waals surface area contributed by atoms with E-state index in [-0.39, 0.29) is 17.0 Å². The van der Waals surface area contributed by atoms with Crippen molar-refractivity contribution in [2.75, 3.05) is 13.1 Å². The van der Waals surface area contributed by atoms with E-state index in [4.69, 9.17) is 11.6 Å². The zero-order valence-corrected chi connectivity index (χ0v) is 10.9. The molecule has 1 heterocycles. The van der Waals surface area contributed by atoms with Crippen LogP contribution in [0.4, 0.5) is 8.78 Å². The van der Waals surface area contributed by atoms with Crippen LogP contribution in [0, 0.1) is 0 Å². The lowest BCUT2D eigenvalue weighted by Gasteiger charge is -2.29. The Kier molecular flexibility index (Phi) is 4.58. The van der Waals surface area contributed by atoms with Crippen LogP contribution in [0.3, 0.4) is 0 Å². The summed E-state index contributed by atoms with van der Waals surface area (Å²) in [5, 5.41) is 0.130. The number of halogens is 3. The van der Waals surface area contributed by atoms with Gasteiger partial charge in [-0.05, 0) is 37.1 Å². The first-order valence-corrected chi connectivity index (χ1v) is 6.48. The van der Waals surface area contributed by atoms with Crippen LogP contribution in [0.15, 0.2) is 24.3 Å². The van der Waals surface area contributed by atoms with E-state index in [0.717, 1.165) is 12.8 Å². The molecule has 104 valence electrons. The molecule has 1 aromatic carbocycles. The second-order valence-corrected chi connectivity index (χ2v) is 4.99. The fraction of sp³-hybridized carbons (Fsp3) is 0.462. The molecule has 1 aromatic rings. The fourth-order valence-corrected chi connectivity index (χ4v) is 2.21. The van der Waals surface area contributed by atoms with Crippen LogP contribution in [0.25, 0.3) is 0 Å². The summed E-state index contributed by atoms with van der Waals surface area (Å²) >= 11 is 5.98. The quantitative estimate of drug-likeness (QED) is 0.800. The largest absolute Gasteiger partial charge is 0.435 e. The van der Waals surface area contributed by atoms with Crippen molar-refractivity contribution in [3.05, 3.63) is 29.8 Å². The van der Waals surface area contributed by atoms with Gasteiger partial charge >= 0.3 is 6.61 Å². The summed E-state index contributed by atoms with van der Waals surface area (Å²) in [6.07, 6.45) is 1.56. The Morgan fingerprint density at radius 3 is 2.37 bits per heavy atom. The van der Waals surface area contributed by atoms with Gasteiger partial charge in [-0.15, -0.1) is 11.6 Å². The highest BCUT2D eigenvalue weighted by Gasteiger charge is 2.22. The van der Waals surface area contributed by atoms with Gasteiger partial charge in [0.2, 0.25) is 0 Å². The van der Waals surface area contributed by atoms with E-state index >= 15 is 0 Å². The molecular weight excluding hydrogens is 276 g/mol. The van der Waals surface area contributed by atoms with Gasteiger partial charge in [0.15, 0.2) is 0 Å². The van der Waals surface area contributed by atoms with Gasteiger partial charge < -0.3 is 9.64 Å². The molecule has 0 N–H and O–H groups in total. The summed E-state index contributed by atoms with van der Waals surface area (Å²) in [7, 11) is 0. The minimum Gasteiger partial charge on any atom is -0.435 e. The van der Waals surface area contributed by atoms with Crippen molar-refractivity contribution in [2.45, 2.75) is 24.8 Å². The minimum atomic E-state index is -2.86. The van der Waals surface area contributed by atoms with Gasteiger partial charge in [0.05, 0.1) is 0 Å². The Bertz CT molecular complexity index is 431. The number of amides is 1. The third-order valence-electron chi connectivity index (χ3n) is 3.04. The van der Waals surface area contributed by atoms with Gasteiger partial charge in [0.1, 0.15) is 5.75 Å². The summed E-state index contributed by atoms with van der Waals surface area (Å²) in [6.45, 7) is -1.60. The molecule has 1 amide bonds. The topological polar surface area (TPSA) is 29.5 Å². The first-order chi connectivity index (χ1) is 9.06. The van der Waals surface area contributed by atoms with Crippen molar-refractivity contribution in [3.63, 3.8) is 0 Å². The standard InChI is InChI=1S/C13H14ClF2NO2/c14-10-5-7-17(8-6-10)12(18)9-1-3-11(4-2-9)19-13(15)16/h1-4,10,13H,5-8H2. The first-order valence-electron chi connectivity index (χ1n) is 6.04. The van der Waals surface area contributed by atoms with E-state index < -0.39 is 6.61 Å². The van der Waals surface area contributed by atoms with Crippen molar-refractivity contribution in [3.8, 4) is 5.75 Å². The molecule has 1 saturated heterocycles. The van der Waals surface area contributed by atoms with E-state index in [1.54, 1.807) is 4.90 Å². The normalized spacial score (nSPS) is 16.7. The Balaban J connectivity index is 1.99. The molecule has 0 unspecified atom stereocenters. The van der Waals surface area contributed by atoms with Gasteiger partial charge in [-0.25, -0.2) is 0 Å². The molecule has 0 aliphatic carbocycles. The van der Waals surface area contributed by atoms with Crippen molar-refractivity contribution in [1.29, 1.82) is 0 Å². The van der Waals surface area contributed by atoms with E-state index in [9.17, 15) is 13.6 Å². The lowest BCUT2D eigenvalue weighted by molar-refractivity contribution is -0.0498. The van der Waals surface area contributed by atoms with Crippen LogP contribution < -0.4 is 4.74 Å². The molecular formula is C13H14ClF2NO2. The first kappa shape index (κ1) is 14.1. The van der Waals surface area contributed by atoms with Crippen molar-refractivity contribution in [1.82, 2.24) is 4.90 Å². The zero-order chi connectivity index (χ0) is 13.8. The lowest BCUT2D eigenvalue weighted by atomic mass is 10.1. The van der Waals surface area contributed by atoms with E-state index in [1.807, 2.05) is 0 Å². The number of rotatable bonds is 3. The number of hydrogen-bond acceptors (Lipinski definition) is 2. The Hall–Kier alpha value is -1.36. The lowest BCUT2D eigenvalue weighted by Crippen LogP contribution is -2.38. The van der Waals surface area contributed by atoms with Crippen LogP contribution in [-0.2, 0) is 0 Å². The number of nitrogens with zero attached hydrogens (tertiary/aromatic N) is 1. The maximum atomic E-state index is 12.1. The Morgan fingerprint density at radius 2 is 1.84 bits per heavy atom. The molecule has 19 heavy (non-hydrogen) atoms. The highest BCUT2D eigenvalue weighted by atomic mass is 35.5. The summed E-state index contributed by atoms with van der Waals surface area (Å²) < 4.78 is 28.2. The number of carbonyl (C=O) groups excluding carboxylic acids is 1. The monoisotopic (exact) mass is 289 g/mol. The summed E-state index contributed by atoms with van der Waals surface area (Å²) in [5.74, 6) is -0.0572. The average Bonchev–Trinajstić information content (AvgIpc) is 2.39. The molecule has 2 rings (SSSR count). The van der Waals surface area contributed by atoms with Crippen LogP contribution >= 0.6 is 11.6 Å². The SMILES string of the molecule is O=C(c1ccc(OC(F)F)cc1)N1CCC(Cl)CC1. The predicted octanol–water partition coefficient (Wildman–Crippen LogP) is 3.13. The predicted molar refractivity (Wildman–Crippen MR) is 67.9 cm³/mol. The number of hydrogen-bond donors (Lipinski definition) is 0. The third kappa shape index (κ3) is 3.80. The van der Waals surface area contributed by atoms with Gasteiger partial charge in [0.25, 0.3) is 5.91 Å². The number of benzene rings is 1. The van der Waals surface area contributed by atoms with Crippen molar-refractivity contribution < 1.29 is 18.3 Å². The second-order valence-electron chi connectivity index (χ2n) is 4.37. The molecule has 0 radical (unpaired) electrons. The molecule has 1 aliphatic rings. The number of carbonyl (C=O) groups is 1. The zero-order valence-electron chi connectivity index (χ0n) is 10.2. The van der Waals surface area contributed by atoms with Crippen LogP contribution in [0.5, 0.6) is 5.75 Å². The van der Waals surface area contributed by atoms with Crippen molar-refractivity contribution >= 4 is 17.5 Å². The smallest absolute Gasteiger partial charge is 0.387 e. The molecule has 0 aromatic heterocycles. The van der Waals surface area contributed by atoms with E-state index in [1.165, 1.54) is 24.3 Å². The molecule has 0 bridgehead atoms. The molecule has 3 nitrogen and oxygen atoms in total. The highest BCUT2D eigenvalue weighted by molar-refractivity contribution is 6.20. The number of alkyl halides is 3. The van der Waals surface area contributed by atoms with Gasteiger partial charge in [-0.1, -0.05) is 0 Å².